The summed E-state index contributed by atoms with van der Waals surface area (Å²) in [4.78, 5) is 12.5. The van der Waals surface area contributed by atoms with Crippen LogP contribution in [0.2, 0.25) is 10.0 Å². The van der Waals surface area contributed by atoms with Gasteiger partial charge in [0.2, 0.25) is 15.9 Å². The Morgan fingerprint density at radius 1 is 0.971 bits per heavy atom. The number of nitrogens with zero attached hydrogens (tertiary/aromatic N) is 1. The van der Waals surface area contributed by atoms with Crippen LogP contribution in [0.15, 0.2) is 65.6 Å². The molecule has 186 valence electrons. The van der Waals surface area contributed by atoms with E-state index in [1.807, 2.05) is 0 Å². The van der Waals surface area contributed by atoms with Crippen molar-refractivity contribution in [1.82, 2.24) is 0 Å². The summed E-state index contributed by atoms with van der Waals surface area (Å²) in [6.45, 7) is 1.11. The first-order valence-corrected chi connectivity index (χ1v) is 14.0. The minimum absolute atomic E-state index is 0.0119. The number of rotatable bonds is 8. The highest BCUT2D eigenvalue weighted by Crippen LogP contribution is 2.26. The number of carbonyl (C=O) groups is 1. The Balaban J connectivity index is 1.74. The number of hydrogen-bond donors (Lipinski definition) is 2. The standard InChI is InChI=1S/C22H20Cl2FN3O5S2/c1-14-3-4-15(23)11-21(14)27-35(32,33)18-8-5-16(6-9-18)26-22(29)13-28(34(2,30)31)17-7-10-20(25)19(24)12-17/h3-12,27H,13H2,1-2H3,(H,26,29). The number of benzene rings is 3. The van der Waals surface area contributed by atoms with Crippen molar-refractivity contribution in [3.05, 3.63) is 82.1 Å². The molecular formula is C22H20Cl2FN3O5S2. The third kappa shape index (κ3) is 6.85. The number of halogens is 3. The molecule has 8 nitrogen and oxygen atoms in total. The van der Waals surface area contributed by atoms with Crippen LogP contribution >= 0.6 is 23.2 Å². The Bertz CT molecular complexity index is 1480. The summed E-state index contributed by atoms with van der Waals surface area (Å²) in [6, 6.07) is 13.4. The highest BCUT2D eigenvalue weighted by atomic mass is 35.5. The lowest BCUT2D eigenvalue weighted by molar-refractivity contribution is -0.114. The van der Waals surface area contributed by atoms with Gasteiger partial charge < -0.3 is 5.32 Å². The zero-order valence-electron chi connectivity index (χ0n) is 18.4. The Morgan fingerprint density at radius 3 is 2.23 bits per heavy atom. The first-order chi connectivity index (χ1) is 16.3. The molecule has 0 aliphatic carbocycles. The van der Waals surface area contributed by atoms with E-state index in [1.54, 1.807) is 19.1 Å². The summed E-state index contributed by atoms with van der Waals surface area (Å²) in [7, 11) is -7.83. The molecule has 13 heteroatoms. The highest BCUT2D eigenvalue weighted by molar-refractivity contribution is 7.92. The maximum absolute atomic E-state index is 13.5. The van der Waals surface area contributed by atoms with Gasteiger partial charge in [-0.2, -0.15) is 0 Å². The van der Waals surface area contributed by atoms with E-state index in [0.717, 1.165) is 22.7 Å². The van der Waals surface area contributed by atoms with Gasteiger partial charge in [-0.25, -0.2) is 21.2 Å². The average molecular weight is 560 g/mol. The summed E-state index contributed by atoms with van der Waals surface area (Å²) in [5.41, 5.74) is 1.26. The van der Waals surface area contributed by atoms with Gasteiger partial charge in [0.15, 0.2) is 0 Å². The second-order valence-electron chi connectivity index (χ2n) is 7.51. The molecule has 0 atom stereocenters. The maximum atomic E-state index is 13.5. The summed E-state index contributed by atoms with van der Waals surface area (Å²) in [5.74, 6) is -1.44. The van der Waals surface area contributed by atoms with E-state index in [2.05, 4.69) is 10.0 Å². The van der Waals surface area contributed by atoms with E-state index in [0.29, 0.717) is 16.3 Å². The van der Waals surface area contributed by atoms with E-state index in [1.165, 1.54) is 36.4 Å². The van der Waals surface area contributed by atoms with Gasteiger partial charge >= 0.3 is 0 Å². The molecule has 0 saturated heterocycles. The lowest BCUT2D eigenvalue weighted by atomic mass is 10.2. The topological polar surface area (TPSA) is 113 Å². The van der Waals surface area contributed by atoms with Crippen molar-refractivity contribution in [2.24, 2.45) is 0 Å². The molecule has 0 saturated carbocycles. The summed E-state index contributed by atoms with van der Waals surface area (Å²) < 4.78 is 66.5. The largest absolute Gasteiger partial charge is 0.325 e. The Kier molecular flexibility index (Phi) is 7.95. The number of aryl methyl sites for hydroxylation is 1. The second-order valence-corrected chi connectivity index (χ2v) is 11.9. The van der Waals surface area contributed by atoms with Crippen LogP contribution < -0.4 is 14.3 Å². The second kappa shape index (κ2) is 10.4. The molecule has 0 aliphatic heterocycles. The minimum atomic E-state index is -3.93. The van der Waals surface area contributed by atoms with Crippen molar-refractivity contribution in [3.8, 4) is 0 Å². The van der Waals surface area contributed by atoms with Gasteiger partial charge in [0.1, 0.15) is 12.4 Å². The number of hydrogen-bond acceptors (Lipinski definition) is 5. The molecule has 0 radical (unpaired) electrons. The van der Waals surface area contributed by atoms with Crippen LogP contribution in [0, 0.1) is 12.7 Å². The number of anilines is 3. The SMILES string of the molecule is Cc1ccc(Cl)cc1NS(=O)(=O)c1ccc(NC(=O)CN(c2ccc(F)c(Cl)c2)S(C)(=O)=O)cc1. The first-order valence-electron chi connectivity index (χ1n) is 9.88. The smallest absolute Gasteiger partial charge is 0.261 e. The average Bonchev–Trinajstić information content (AvgIpc) is 2.76. The summed E-state index contributed by atoms with van der Waals surface area (Å²) >= 11 is 11.7. The molecule has 1 amide bonds. The summed E-state index contributed by atoms with van der Waals surface area (Å²) in [5, 5.41) is 2.58. The fourth-order valence-electron chi connectivity index (χ4n) is 3.00. The van der Waals surface area contributed by atoms with Crippen molar-refractivity contribution in [3.63, 3.8) is 0 Å². The number of sulfonamides is 2. The first kappa shape index (κ1) is 26.7. The van der Waals surface area contributed by atoms with Gasteiger partial charge in [0.25, 0.3) is 10.0 Å². The van der Waals surface area contributed by atoms with Gasteiger partial charge in [0, 0.05) is 10.7 Å². The van der Waals surface area contributed by atoms with Crippen LogP contribution in [-0.2, 0) is 24.8 Å². The van der Waals surface area contributed by atoms with Crippen LogP contribution in [0.4, 0.5) is 21.5 Å². The van der Waals surface area contributed by atoms with Gasteiger partial charge in [-0.1, -0.05) is 29.3 Å². The van der Waals surface area contributed by atoms with Gasteiger partial charge in [-0.05, 0) is 67.1 Å². The van der Waals surface area contributed by atoms with Gasteiger partial charge in [-0.3, -0.25) is 13.8 Å². The highest BCUT2D eigenvalue weighted by Gasteiger charge is 2.22. The predicted octanol–water partition coefficient (Wildman–Crippen LogP) is 4.65. The van der Waals surface area contributed by atoms with Crippen LogP contribution in [0.1, 0.15) is 5.56 Å². The van der Waals surface area contributed by atoms with E-state index in [4.69, 9.17) is 23.2 Å². The Labute approximate surface area is 212 Å². The van der Waals surface area contributed by atoms with E-state index >= 15 is 0 Å². The number of carbonyl (C=O) groups excluding carboxylic acids is 1. The molecule has 0 fully saturated rings. The minimum Gasteiger partial charge on any atom is -0.325 e. The van der Waals surface area contributed by atoms with E-state index < -0.39 is 38.3 Å². The quantitative estimate of drug-likeness (QED) is 0.417. The molecule has 0 heterocycles. The molecular weight excluding hydrogens is 540 g/mol. The van der Waals surface area contributed by atoms with Crippen molar-refractivity contribution >= 4 is 66.2 Å². The lowest BCUT2D eigenvalue weighted by Gasteiger charge is -2.22. The molecule has 3 aromatic rings. The Morgan fingerprint density at radius 2 is 1.63 bits per heavy atom. The number of amides is 1. The maximum Gasteiger partial charge on any atom is 0.261 e. The molecule has 0 spiro atoms. The predicted molar refractivity (Wildman–Crippen MR) is 136 cm³/mol. The lowest BCUT2D eigenvalue weighted by Crippen LogP contribution is -2.37. The van der Waals surface area contributed by atoms with Gasteiger partial charge in [-0.15, -0.1) is 0 Å². The third-order valence-corrected chi connectivity index (χ3v) is 7.82. The summed E-state index contributed by atoms with van der Waals surface area (Å²) in [6.07, 6.45) is 0.895. The molecule has 0 bridgehead atoms. The normalized spacial score (nSPS) is 11.7. The third-order valence-electron chi connectivity index (χ3n) is 4.77. The van der Waals surface area contributed by atoms with Crippen molar-refractivity contribution < 1.29 is 26.0 Å². The van der Waals surface area contributed by atoms with Crippen LogP contribution in [0.5, 0.6) is 0 Å². The molecule has 3 aromatic carbocycles. The van der Waals surface area contributed by atoms with Crippen LogP contribution in [-0.4, -0.2) is 35.5 Å². The van der Waals surface area contributed by atoms with Gasteiger partial charge in [0.05, 0.1) is 27.5 Å². The van der Waals surface area contributed by atoms with Crippen molar-refractivity contribution in [2.75, 3.05) is 27.1 Å². The molecule has 0 aliphatic rings. The molecule has 0 aromatic heterocycles. The van der Waals surface area contributed by atoms with E-state index in [-0.39, 0.29) is 21.3 Å². The molecule has 3 rings (SSSR count). The fraction of sp³-hybridized carbons (Fsp3) is 0.136. The van der Waals surface area contributed by atoms with Crippen molar-refractivity contribution in [2.45, 2.75) is 11.8 Å². The molecule has 0 unspecified atom stereocenters. The number of nitrogens with one attached hydrogen (secondary N) is 2. The van der Waals surface area contributed by atoms with Crippen LogP contribution in [0.25, 0.3) is 0 Å². The van der Waals surface area contributed by atoms with E-state index in [9.17, 15) is 26.0 Å². The monoisotopic (exact) mass is 559 g/mol. The molecule has 35 heavy (non-hydrogen) atoms. The zero-order valence-corrected chi connectivity index (χ0v) is 21.6. The van der Waals surface area contributed by atoms with Crippen molar-refractivity contribution in [1.29, 1.82) is 0 Å². The molecule has 2 N–H and O–H groups in total. The zero-order chi connectivity index (χ0) is 26.0. The Hall–Kier alpha value is -2.86. The van der Waals surface area contributed by atoms with Crippen LogP contribution in [0.3, 0.4) is 0 Å². The fourth-order valence-corrected chi connectivity index (χ4v) is 5.31.